The molecule has 1 saturated carbocycles. The van der Waals surface area contributed by atoms with Crippen LogP contribution in [0.2, 0.25) is 0 Å². The summed E-state index contributed by atoms with van der Waals surface area (Å²) in [6.07, 6.45) is 11.2. The first kappa shape index (κ1) is 16.1. The van der Waals surface area contributed by atoms with Crippen molar-refractivity contribution >= 4 is 5.97 Å². The van der Waals surface area contributed by atoms with Crippen molar-refractivity contribution in [3.05, 3.63) is 35.9 Å². The fourth-order valence-electron chi connectivity index (χ4n) is 3.03. The summed E-state index contributed by atoms with van der Waals surface area (Å²) < 4.78 is 5.80. The number of carbonyl (C=O) groups is 1. The number of benzene rings is 1. The van der Waals surface area contributed by atoms with Gasteiger partial charge in [0.15, 0.2) is 0 Å². The van der Waals surface area contributed by atoms with E-state index in [1.54, 1.807) is 0 Å². The number of esters is 1. The van der Waals surface area contributed by atoms with Gasteiger partial charge in [0.2, 0.25) is 0 Å². The van der Waals surface area contributed by atoms with Gasteiger partial charge in [-0.05, 0) is 38.2 Å². The first-order chi connectivity index (χ1) is 10.3. The molecular weight excluding hydrogens is 260 g/mol. The predicted octanol–water partition coefficient (Wildman–Crippen LogP) is 5.23. The molecule has 2 heteroatoms. The Balaban J connectivity index is 1.87. The lowest BCUT2D eigenvalue weighted by atomic mass is 9.98. The van der Waals surface area contributed by atoms with E-state index < -0.39 is 0 Å². The van der Waals surface area contributed by atoms with E-state index in [1.165, 1.54) is 44.9 Å². The first-order valence-corrected chi connectivity index (χ1v) is 8.53. The lowest BCUT2D eigenvalue weighted by Crippen LogP contribution is -2.22. The zero-order valence-corrected chi connectivity index (χ0v) is 13.2. The molecule has 0 amide bonds. The standard InChI is InChI=1S/C19H28O2/c1-16(17-12-8-7-9-13-17)19(20)21-18-14-10-5-3-2-4-6-11-15-18/h7-9,12-13,16,18H,2-6,10-11,14-15H2,1H3/t16-/m1/s1. The molecule has 0 N–H and O–H groups in total. The zero-order valence-electron chi connectivity index (χ0n) is 13.2. The molecule has 0 spiro atoms. The number of hydrogen-bond acceptors (Lipinski definition) is 2. The van der Waals surface area contributed by atoms with Gasteiger partial charge in [0.25, 0.3) is 0 Å². The zero-order chi connectivity index (χ0) is 14.9. The summed E-state index contributed by atoms with van der Waals surface area (Å²) in [5, 5.41) is 0. The Morgan fingerprint density at radius 1 is 0.952 bits per heavy atom. The van der Waals surface area contributed by atoms with Gasteiger partial charge in [0.05, 0.1) is 5.92 Å². The van der Waals surface area contributed by atoms with Crippen molar-refractivity contribution in [1.29, 1.82) is 0 Å². The molecule has 2 nitrogen and oxygen atoms in total. The first-order valence-electron chi connectivity index (χ1n) is 8.53. The second kappa shape index (κ2) is 8.86. The Morgan fingerprint density at radius 3 is 2.05 bits per heavy atom. The third-order valence-electron chi connectivity index (χ3n) is 4.49. The van der Waals surface area contributed by atoms with Crippen LogP contribution in [0.3, 0.4) is 0 Å². The van der Waals surface area contributed by atoms with Crippen LogP contribution in [0.15, 0.2) is 30.3 Å². The molecule has 0 radical (unpaired) electrons. The van der Waals surface area contributed by atoms with Crippen molar-refractivity contribution < 1.29 is 9.53 Å². The van der Waals surface area contributed by atoms with Crippen LogP contribution in [-0.4, -0.2) is 12.1 Å². The van der Waals surface area contributed by atoms with Crippen LogP contribution in [0.1, 0.15) is 76.2 Å². The Morgan fingerprint density at radius 2 is 1.48 bits per heavy atom. The monoisotopic (exact) mass is 288 g/mol. The van der Waals surface area contributed by atoms with Gasteiger partial charge in [-0.1, -0.05) is 62.4 Å². The van der Waals surface area contributed by atoms with E-state index in [4.69, 9.17) is 4.74 Å². The third kappa shape index (κ3) is 5.53. The van der Waals surface area contributed by atoms with Crippen molar-refractivity contribution in [3.8, 4) is 0 Å². The highest BCUT2D eigenvalue weighted by Gasteiger charge is 2.21. The van der Waals surface area contributed by atoms with Crippen molar-refractivity contribution in [1.82, 2.24) is 0 Å². The molecule has 2 rings (SSSR count). The topological polar surface area (TPSA) is 26.3 Å². The molecule has 0 aromatic heterocycles. The highest BCUT2D eigenvalue weighted by molar-refractivity contribution is 5.77. The van der Waals surface area contributed by atoms with Crippen LogP contribution in [0.25, 0.3) is 0 Å². The molecule has 1 atom stereocenters. The maximum absolute atomic E-state index is 12.3. The van der Waals surface area contributed by atoms with Gasteiger partial charge in [-0.15, -0.1) is 0 Å². The molecule has 21 heavy (non-hydrogen) atoms. The van der Waals surface area contributed by atoms with Crippen molar-refractivity contribution in [2.24, 2.45) is 0 Å². The van der Waals surface area contributed by atoms with Gasteiger partial charge in [0, 0.05) is 0 Å². The minimum atomic E-state index is -0.165. The second-order valence-corrected chi connectivity index (χ2v) is 6.24. The summed E-state index contributed by atoms with van der Waals surface area (Å²) in [6, 6.07) is 9.92. The van der Waals surface area contributed by atoms with Crippen LogP contribution in [0.5, 0.6) is 0 Å². The minimum Gasteiger partial charge on any atom is -0.462 e. The fourth-order valence-corrected chi connectivity index (χ4v) is 3.03. The normalized spacial score (nSPS) is 19.7. The molecule has 1 aromatic rings. The van der Waals surface area contributed by atoms with Crippen molar-refractivity contribution in [2.45, 2.75) is 76.7 Å². The second-order valence-electron chi connectivity index (χ2n) is 6.24. The SMILES string of the molecule is C[C@@H](C(=O)OC1CCCCCCCCC1)c1ccccc1. The fraction of sp³-hybridized carbons (Fsp3) is 0.632. The van der Waals surface area contributed by atoms with Gasteiger partial charge in [-0.25, -0.2) is 0 Å². The Bertz CT molecular complexity index is 403. The van der Waals surface area contributed by atoms with Crippen LogP contribution in [0.4, 0.5) is 0 Å². The molecule has 0 aliphatic heterocycles. The summed E-state index contributed by atoms with van der Waals surface area (Å²) >= 11 is 0. The van der Waals surface area contributed by atoms with Crippen molar-refractivity contribution in [3.63, 3.8) is 0 Å². The number of rotatable bonds is 3. The summed E-state index contributed by atoms with van der Waals surface area (Å²) in [5.74, 6) is -0.232. The average Bonchev–Trinajstić information content (AvgIpc) is 2.53. The summed E-state index contributed by atoms with van der Waals surface area (Å²) in [7, 11) is 0. The van der Waals surface area contributed by atoms with Crippen LogP contribution < -0.4 is 0 Å². The lowest BCUT2D eigenvalue weighted by molar-refractivity contribution is -0.151. The number of hydrogen-bond donors (Lipinski definition) is 0. The maximum Gasteiger partial charge on any atom is 0.313 e. The highest BCUT2D eigenvalue weighted by Crippen LogP contribution is 2.22. The molecule has 0 bridgehead atoms. The maximum atomic E-state index is 12.3. The molecular formula is C19H28O2. The molecule has 1 aromatic carbocycles. The summed E-state index contributed by atoms with van der Waals surface area (Å²) in [5.41, 5.74) is 1.04. The van der Waals surface area contributed by atoms with Gasteiger partial charge in [0.1, 0.15) is 6.10 Å². The summed E-state index contributed by atoms with van der Waals surface area (Å²) in [4.78, 5) is 12.3. The Labute approximate surface area is 128 Å². The van der Waals surface area contributed by atoms with E-state index in [1.807, 2.05) is 37.3 Å². The van der Waals surface area contributed by atoms with Crippen molar-refractivity contribution in [2.75, 3.05) is 0 Å². The highest BCUT2D eigenvalue weighted by atomic mass is 16.5. The predicted molar refractivity (Wildman–Crippen MR) is 86.3 cm³/mol. The van der Waals surface area contributed by atoms with E-state index >= 15 is 0 Å². The Kier molecular flexibility index (Phi) is 6.78. The molecule has 1 aliphatic carbocycles. The third-order valence-corrected chi connectivity index (χ3v) is 4.49. The van der Waals surface area contributed by atoms with E-state index in [2.05, 4.69) is 0 Å². The quantitative estimate of drug-likeness (QED) is 0.712. The Hall–Kier alpha value is -1.31. The van der Waals surface area contributed by atoms with Crippen LogP contribution >= 0.6 is 0 Å². The number of carbonyl (C=O) groups excluding carboxylic acids is 1. The lowest BCUT2D eigenvalue weighted by Gasteiger charge is -2.21. The molecule has 1 aliphatic rings. The van der Waals surface area contributed by atoms with Gasteiger partial charge < -0.3 is 4.74 Å². The molecule has 0 saturated heterocycles. The van der Waals surface area contributed by atoms with E-state index in [9.17, 15) is 4.79 Å². The smallest absolute Gasteiger partial charge is 0.313 e. The van der Waals surface area contributed by atoms with E-state index in [0.717, 1.165) is 18.4 Å². The van der Waals surface area contributed by atoms with Crippen LogP contribution in [0, 0.1) is 0 Å². The average molecular weight is 288 g/mol. The largest absolute Gasteiger partial charge is 0.462 e. The molecule has 1 fully saturated rings. The van der Waals surface area contributed by atoms with Gasteiger partial charge >= 0.3 is 5.97 Å². The number of ether oxygens (including phenoxy) is 1. The molecule has 116 valence electrons. The molecule has 0 heterocycles. The van der Waals surface area contributed by atoms with Gasteiger partial charge in [-0.2, -0.15) is 0 Å². The van der Waals surface area contributed by atoms with E-state index in [-0.39, 0.29) is 18.0 Å². The van der Waals surface area contributed by atoms with Gasteiger partial charge in [-0.3, -0.25) is 4.79 Å². The van der Waals surface area contributed by atoms with E-state index in [0.29, 0.717) is 0 Å². The minimum absolute atomic E-state index is 0.0664. The summed E-state index contributed by atoms with van der Waals surface area (Å²) in [6.45, 7) is 1.94. The van der Waals surface area contributed by atoms with Crippen LogP contribution in [-0.2, 0) is 9.53 Å². The molecule has 0 unspecified atom stereocenters.